The van der Waals surface area contributed by atoms with Gasteiger partial charge in [-0.1, -0.05) is 23.7 Å². The molecule has 2 aromatic heterocycles. The average molecular weight is 424 g/mol. The number of nitrogens with two attached hydrogens (primary N) is 1. The van der Waals surface area contributed by atoms with Gasteiger partial charge < -0.3 is 16.0 Å². The highest BCUT2D eigenvalue weighted by molar-refractivity contribution is 6.30. The Morgan fingerprint density at radius 3 is 2.70 bits per heavy atom. The summed E-state index contributed by atoms with van der Waals surface area (Å²) < 4.78 is 0. The SMILES string of the molecule is N#CCC(c1ccc(Cl)cc1)N(C(=O)C1(N)CCNCC1)c1ncnc2[nH]ccc12. The average Bonchev–Trinajstić information content (AvgIpc) is 3.24. The molecule has 0 aliphatic carbocycles. The number of H-pyrrole nitrogens is 1. The molecule has 1 unspecified atom stereocenters. The van der Waals surface area contributed by atoms with E-state index in [1.165, 1.54) is 6.33 Å². The Morgan fingerprint density at radius 1 is 1.27 bits per heavy atom. The first kappa shape index (κ1) is 20.3. The molecule has 0 bridgehead atoms. The summed E-state index contributed by atoms with van der Waals surface area (Å²) in [6.07, 6.45) is 4.24. The van der Waals surface area contributed by atoms with Crippen molar-refractivity contribution in [1.82, 2.24) is 20.3 Å². The molecule has 1 aliphatic heterocycles. The third kappa shape index (κ3) is 3.75. The molecule has 0 spiro atoms. The number of fused-ring (bicyclic) bond motifs is 1. The summed E-state index contributed by atoms with van der Waals surface area (Å²) in [6, 6.07) is 10.6. The normalized spacial score (nSPS) is 16.7. The van der Waals surface area contributed by atoms with Gasteiger partial charge in [0.15, 0.2) is 0 Å². The molecule has 1 amide bonds. The van der Waals surface area contributed by atoms with Gasteiger partial charge in [-0.2, -0.15) is 5.26 Å². The molecular formula is C21H22ClN7O. The highest BCUT2D eigenvalue weighted by Gasteiger charge is 2.42. The number of aromatic amines is 1. The van der Waals surface area contributed by atoms with Gasteiger partial charge in [-0.25, -0.2) is 9.97 Å². The Hall–Kier alpha value is -2.99. The van der Waals surface area contributed by atoms with E-state index in [1.54, 1.807) is 23.2 Å². The number of anilines is 1. The summed E-state index contributed by atoms with van der Waals surface area (Å²) in [5.74, 6) is 0.185. The lowest BCUT2D eigenvalue weighted by Gasteiger charge is -2.39. The van der Waals surface area contributed by atoms with Crippen LogP contribution in [0, 0.1) is 11.3 Å². The Morgan fingerprint density at radius 2 is 2.00 bits per heavy atom. The Labute approximate surface area is 179 Å². The Balaban J connectivity index is 1.88. The highest BCUT2D eigenvalue weighted by atomic mass is 35.5. The second kappa shape index (κ2) is 8.40. The van der Waals surface area contributed by atoms with E-state index in [0.29, 0.717) is 47.8 Å². The fourth-order valence-corrected chi connectivity index (χ4v) is 4.02. The van der Waals surface area contributed by atoms with Crippen molar-refractivity contribution >= 4 is 34.4 Å². The van der Waals surface area contributed by atoms with Gasteiger partial charge in [0.05, 0.1) is 29.5 Å². The van der Waals surface area contributed by atoms with Crippen LogP contribution in [0.5, 0.6) is 0 Å². The molecule has 154 valence electrons. The number of nitrogens with zero attached hydrogens (tertiary/aromatic N) is 4. The molecule has 1 atom stereocenters. The van der Waals surface area contributed by atoms with Crippen molar-refractivity contribution in [2.75, 3.05) is 18.0 Å². The molecule has 1 aromatic carbocycles. The maximum absolute atomic E-state index is 13.9. The van der Waals surface area contributed by atoms with Crippen LogP contribution in [0.3, 0.4) is 0 Å². The second-order valence-electron chi connectivity index (χ2n) is 7.45. The van der Waals surface area contributed by atoms with Gasteiger partial charge in [-0.05, 0) is 49.7 Å². The predicted octanol–water partition coefficient (Wildman–Crippen LogP) is 2.68. The molecule has 3 aromatic rings. The topological polar surface area (TPSA) is 124 Å². The van der Waals surface area contributed by atoms with Crippen LogP contribution < -0.4 is 16.0 Å². The van der Waals surface area contributed by atoms with E-state index in [4.69, 9.17) is 17.3 Å². The molecular weight excluding hydrogens is 402 g/mol. The van der Waals surface area contributed by atoms with Gasteiger partial charge in [0.25, 0.3) is 0 Å². The van der Waals surface area contributed by atoms with E-state index in [2.05, 4.69) is 26.3 Å². The molecule has 4 N–H and O–H groups in total. The maximum atomic E-state index is 13.9. The number of rotatable bonds is 5. The maximum Gasteiger partial charge on any atom is 0.248 e. The minimum absolute atomic E-state index is 0.0810. The third-order valence-corrected chi connectivity index (χ3v) is 5.80. The Kier molecular flexibility index (Phi) is 5.68. The molecule has 3 heterocycles. The first-order valence-electron chi connectivity index (χ1n) is 9.77. The summed E-state index contributed by atoms with van der Waals surface area (Å²) in [5, 5.41) is 14.1. The number of piperidine rings is 1. The number of halogens is 1. The molecule has 1 aliphatic rings. The van der Waals surface area contributed by atoms with Crippen molar-refractivity contribution in [2.45, 2.75) is 30.8 Å². The quantitative estimate of drug-likeness (QED) is 0.579. The van der Waals surface area contributed by atoms with Crippen molar-refractivity contribution in [3.8, 4) is 6.07 Å². The number of amides is 1. The zero-order valence-corrected chi connectivity index (χ0v) is 17.1. The van der Waals surface area contributed by atoms with Crippen LogP contribution in [0.4, 0.5) is 5.82 Å². The highest BCUT2D eigenvalue weighted by Crippen LogP contribution is 2.35. The number of nitrogens with one attached hydrogen (secondary N) is 2. The number of hydrogen-bond acceptors (Lipinski definition) is 6. The monoisotopic (exact) mass is 423 g/mol. The molecule has 4 rings (SSSR count). The zero-order chi connectivity index (χ0) is 21.1. The Bertz CT molecular complexity index is 1080. The van der Waals surface area contributed by atoms with E-state index < -0.39 is 11.6 Å². The minimum Gasteiger partial charge on any atom is -0.346 e. The summed E-state index contributed by atoms with van der Waals surface area (Å²) in [7, 11) is 0. The van der Waals surface area contributed by atoms with E-state index >= 15 is 0 Å². The zero-order valence-electron chi connectivity index (χ0n) is 16.3. The van der Waals surface area contributed by atoms with Crippen molar-refractivity contribution in [2.24, 2.45) is 5.73 Å². The number of benzene rings is 1. The van der Waals surface area contributed by atoms with Crippen molar-refractivity contribution in [3.05, 3.63) is 53.4 Å². The molecule has 0 saturated carbocycles. The van der Waals surface area contributed by atoms with Gasteiger partial charge in [-0.3, -0.25) is 9.69 Å². The largest absolute Gasteiger partial charge is 0.346 e. The predicted molar refractivity (Wildman–Crippen MR) is 115 cm³/mol. The van der Waals surface area contributed by atoms with Gasteiger partial charge in [0, 0.05) is 11.2 Å². The van der Waals surface area contributed by atoms with Crippen LogP contribution in [0.2, 0.25) is 5.02 Å². The molecule has 0 radical (unpaired) electrons. The van der Waals surface area contributed by atoms with Crippen molar-refractivity contribution in [1.29, 1.82) is 5.26 Å². The van der Waals surface area contributed by atoms with Crippen molar-refractivity contribution < 1.29 is 4.79 Å². The fourth-order valence-electron chi connectivity index (χ4n) is 3.89. The lowest BCUT2D eigenvalue weighted by molar-refractivity contribution is -0.125. The number of aromatic nitrogens is 3. The summed E-state index contributed by atoms with van der Waals surface area (Å²) >= 11 is 6.06. The fraction of sp³-hybridized carbons (Fsp3) is 0.333. The van der Waals surface area contributed by atoms with Gasteiger partial charge >= 0.3 is 0 Å². The van der Waals surface area contributed by atoms with Crippen LogP contribution in [0.15, 0.2) is 42.9 Å². The number of hydrogen-bond donors (Lipinski definition) is 3. The number of nitriles is 1. The molecule has 30 heavy (non-hydrogen) atoms. The standard InChI is InChI=1S/C21H22ClN7O/c22-15-3-1-14(2-4-15)17(5-9-23)29(20(30)21(24)7-11-25-12-8-21)19-16-6-10-26-18(16)27-13-28-19/h1-4,6,10,13,17,25H,5,7-8,11-12,24H2,(H,26,27,28). The summed E-state index contributed by atoms with van der Waals surface area (Å²) in [5.41, 5.74) is 6.97. The van der Waals surface area contributed by atoms with Crippen LogP contribution in [0.25, 0.3) is 11.0 Å². The molecule has 1 saturated heterocycles. The van der Waals surface area contributed by atoms with E-state index in [9.17, 15) is 10.1 Å². The van der Waals surface area contributed by atoms with Gasteiger partial charge in [0.1, 0.15) is 17.8 Å². The number of carbonyl (C=O) groups is 1. The van der Waals surface area contributed by atoms with E-state index in [-0.39, 0.29) is 12.3 Å². The van der Waals surface area contributed by atoms with Crippen LogP contribution in [0.1, 0.15) is 30.9 Å². The summed E-state index contributed by atoms with van der Waals surface area (Å²) in [6.45, 7) is 1.31. The number of carbonyl (C=O) groups excluding carboxylic acids is 1. The van der Waals surface area contributed by atoms with Gasteiger partial charge in [-0.15, -0.1) is 0 Å². The van der Waals surface area contributed by atoms with Crippen molar-refractivity contribution in [3.63, 3.8) is 0 Å². The molecule has 8 nitrogen and oxygen atoms in total. The third-order valence-electron chi connectivity index (χ3n) is 5.55. The first-order chi connectivity index (χ1) is 14.5. The second-order valence-corrected chi connectivity index (χ2v) is 7.88. The van der Waals surface area contributed by atoms with E-state index in [0.717, 1.165) is 5.56 Å². The van der Waals surface area contributed by atoms with E-state index in [1.807, 2.05) is 18.2 Å². The van der Waals surface area contributed by atoms with Crippen LogP contribution in [-0.4, -0.2) is 39.5 Å². The molecule has 9 heteroatoms. The van der Waals surface area contributed by atoms with Crippen LogP contribution >= 0.6 is 11.6 Å². The minimum atomic E-state index is -1.04. The smallest absolute Gasteiger partial charge is 0.248 e. The lowest BCUT2D eigenvalue weighted by Crippen LogP contribution is -2.60. The lowest BCUT2D eigenvalue weighted by atomic mass is 9.86. The summed E-state index contributed by atoms with van der Waals surface area (Å²) in [4.78, 5) is 27.2. The van der Waals surface area contributed by atoms with Crippen LogP contribution in [-0.2, 0) is 4.79 Å². The molecule has 1 fully saturated rings. The van der Waals surface area contributed by atoms with Gasteiger partial charge in [0.2, 0.25) is 5.91 Å². The first-order valence-corrected chi connectivity index (χ1v) is 10.1.